The molecule has 0 saturated heterocycles. The maximum Gasteiger partial charge on any atom is 0.192 e. The van der Waals surface area contributed by atoms with Crippen LogP contribution in [0.15, 0.2) is 59.5 Å². The van der Waals surface area contributed by atoms with E-state index in [1.165, 1.54) is 0 Å². The van der Waals surface area contributed by atoms with Gasteiger partial charge in [-0.15, -0.1) is 0 Å². The van der Waals surface area contributed by atoms with Gasteiger partial charge in [0.15, 0.2) is 14.6 Å². The highest BCUT2D eigenvalue weighted by Crippen LogP contribution is 2.42. The van der Waals surface area contributed by atoms with Crippen LogP contribution >= 0.6 is 12.2 Å². The zero-order valence-corrected chi connectivity index (χ0v) is 21.2. The van der Waals surface area contributed by atoms with Crippen LogP contribution < -0.4 is 4.74 Å². The van der Waals surface area contributed by atoms with Crippen molar-refractivity contribution in [1.29, 1.82) is 0 Å². The number of aromatic nitrogens is 4. The first-order chi connectivity index (χ1) is 16.8. The lowest BCUT2D eigenvalue weighted by Crippen LogP contribution is -2.30. The van der Waals surface area contributed by atoms with E-state index >= 15 is 0 Å². The summed E-state index contributed by atoms with van der Waals surface area (Å²) in [6, 6.07) is 16.8. The van der Waals surface area contributed by atoms with Gasteiger partial charge in [0.1, 0.15) is 18.2 Å². The third-order valence-corrected chi connectivity index (χ3v) is 8.94. The van der Waals surface area contributed by atoms with Gasteiger partial charge in [0.05, 0.1) is 16.2 Å². The van der Waals surface area contributed by atoms with E-state index in [4.69, 9.17) is 17.0 Å². The SMILES string of the molecule is Cc1cc(COc2ccc(S(=O)(=O)CC3(Cc4n[nH]c(=S)[nH]4)CCCC3)cc2)c2ccccc2n1. The van der Waals surface area contributed by atoms with Crippen molar-refractivity contribution >= 4 is 33.0 Å². The molecule has 4 aromatic rings. The third-order valence-electron chi connectivity index (χ3n) is 6.76. The summed E-state index contributed by atoms with van der Waals surface area (Å²) in [6.07, 6.45) is 4.34. The molecule has 0 atom stereocenters. The second-order valence-electron chi connectivity index (χ2n) is 9.47. The number of H-pyrrole nitrogens is 2. The van der Waals surface area contributed by atoms with Gasteiger partial charge in [-0.1, -0.05) is 31.0 Å². The summed E-state index contributed by atoms with van der Waals surface area (Å²) < 4.78 is 33.2. The number of benzene rings is 2. The minimum absolute atomic E-state index is 0.0932. The first kappa shape index (κ1) is 23.7. The molecule has 2 heterocycles. The predicted molar refractivity (Wildman–Crippen MR) is 138 cm³/mol. The van der Waals surface area contributed by atoms with Gasteiger partial charge < -0.3 is 9.72 Å². The Labute approximate surface area is 209 Å². The van der Waals surface area contributed by atoms with Gasteiger partial charge in [-0.3, -0.25) is 10.1 Å². The van der Waals surface area contributed by atoms with Crippen molar-refractivity contribution in [3.8, 4) is 5.75 Å². The van der Waals surface area contributed by atoms with Gasteiger partial charge in [-0.2, -0.15) is 5.10 Å². The first-order valence-corrected chi connectivity index (χ1v) is 13.8. The number of nitrogens with one attached hydrogen (secondary N) is 2. The summed E-state index contributed by atoms with van der Waals surface area (Å²) >= 11 is 5.08. The number of aromatic amines is 2. The molecule has 0 spiro atoms. The number of sulfone groups is 1. The zero-order valence-electron chi connectivity index (χ0n) is 19.6. The van der Waals surface area contributed by atoms with Crippen LogP contribution in [0.5, 0.6) is 5.75 Å². The van der Waals surface area contributed by atoms with Gasteiger partial charge >= 0.3 is 0 Å². The molecule has 1 aliphatic carbocycles. The molecule has 2 aromatic carbocycles. The molecule has 0 radical (unpaired) electrons. The summed E-state index contributed by atoms with van der Waals surface area (Å²) in [4.78, 5) is 7.92. The minimum atomic E-state index is -3.48. The number of aryl methyl sites for hydroxylation is 1. The topological polar surface area (TPSA) is 101 Å². The quantitative estimate of drug-likeness (QED) is 0.306. The molecular formula is C26H28N4O3S2. The molecule has 0 amide bonds. The van der Waals surface area contributed by atoms with Crippen LogP contribution in [0.25, 0.3) is 10.9 Å². The zero-order chi connectivity index (χ0) is 24.5. The molecule has 35 heavy (non-hydrogen) atoms. The summed E-state index contributed by atoms with van der Waals surface area (Å²) in [5.41, 5.74) is 2.58. The Morgan fingerprint density at radius 2 is 1.83 bits per heavy atom. The third kappa shape index (κ3) is 5.31. The second-order valence-corrected chi connectivity index (χ2v) is 11.9. The lowest BCUT2D eigenvalue weighted by molar-refractivity contribution is 0.307. The number of rotatable bonds is 8. The second kappa shape index (κ2) is 9.54. The largest absolute Gasteiger partial charge is 0.489 e. The lowest BCUT2D eigenvalue weighted by Gasteiger charge is -2.27. The standard InChI is InChI=1S/C26H28N4O3S2/c1-18-14-19(22-6-2-3-7-23(22)27-18)16-33-20-8-10-21(11-9-20)35(31,32)17-26(12-4-5-13-26)15-24-28-25(34)30-29-24/h2-3,6-11,14H,4-5,12-13,15-17H2,1H3,(H2,28,29,30,34). The highest BCUT2D eigenvalue weighted by molar-refractivity contribution is 7.91. The molecule has 0 aliphatic heterocycles. The molecule has 1 saturated carbocycles. The van der Waals surface area contributed by atoms with E-state index < -0.39 is 9.84 Å². The molecule has 182 valence electrons. The van der Waals surface area contributed by atoms with Gasteiger partial charge in [0.25, 0.3) is 0 Å². The summed E-state index contributed by atoms with van der Waals surface area (Å²) in [6.45, 7) is 2.34. The number of hydrogen-bond donors (Lipinski definition) is 2. The number of ether oxygens (including phenoxy) is 1. The van der Waals surface area contributed by atoms with Crippen molar-refractivity contribution in [3.05, 3.63) is 76.5 Å². The number of pyridine rings is 1. The fraction of sp³-hybridized carbons (Fsp3) is 0.346. The van der Waals surface area contributed by atoms with Gasteiger partial charge in [0.2, 0.25) is 0 Å². The van der Waals surface area contributed by atoms with E-state index in [1.54, 1.807) is 24.3 Å². The van der Waals surface area contributed by atoms with Crippen LogP contribution in [0.4, 0.5) is 0 Å². The smallest absolute Gasteiger partial charge is 0.192 e. The van der Waals surface area contributed by atoms with E-state index in [9.17, 15) is 8.42 Å². The Kier molecular flexibility index (Phi) is 6.46. The Morgan fingerprint density at radius 1 is 1.09 bits per heavy atom. The van der Waals surface area contributed by atoms with Gasteiger partial charge in [-0.25, -0.2) is 8.42 Å². The van der Waals surface area contributed by atoms with Gasteiger partial charge in [0, 0.05) is 23.1 Å². The van der Waals surface area contributed by atoms with Crippen LogP contribution in [-0.2, 0) is 22.9 Å². The average Bonchev–Trinajstić information content (AvgIpc) is 3.45. The van der Waals surface area contributed by atoms with Crippen LogP contribution in [0, 0.1) is 17.1 Å². The van der Waals surface area contributed by atoms with E-state index in [2.05, 4.69) is 20.2 Å². The normalized spacial score (nSPS) is 15.5. The molecule has 1 aliphatic rings. The Morgan fingerprint density at radius 3 is 2.54 bits per heavy atom. The number of nitrogens with zero attached hydrogens (tertiary/aromatic N) is 2. The number of fused-ring (bicyclic) bond motifs is 1. The molecule has 2 aromatic heterocycles. The van der Waals surface area contributed by atoms with Crippen LogP contribution in [0.1, 0.15) is 42.8 Å². The van der Waals surface area contributed by atoms with Crippen LogP contribution in [0.3, 0.4) is 0 Å². The van der Waals surface area contributed by atoms with Crippen molar-refractivity contribution in [2.24, 2.45) is 5.41 Å². The van der Waals surface area contributed by atoms with Crippen LogP contribution in [-0.4, -0.2) is 34.3 Å². The Balaban J connectivity index is 1.30. The molecule has 5 rings (SSSR count). The number of hydrogen-bond acceptors (Lipinski definition) is 6. The number of para-hydroxylation sites is 1. The van der Waals surface area contributed by atoms with E-state index in [0.29, 0.717) is 28.4 Å². The Bertz CT molecular complexity index is 1500. The lowest BCUT2D eigenvalue weighted by atomic mass is 9.84. The van der Waals surface area contributed by atoms with Crippen LogP contribution in [0.2, 0.25) is 0 Å². The molecule has 0 unspecified atom stereocenters. The fourth-order valence-electron chi connectivity index (χ4n) is 5.15. The molecular weight excluding hydrogens is 480 g/mol. The van der Waals surface area contributed by atoms with E-state index in [1.807, 2.05) is 37.3 Å². The molecule has 2 N–H and O–H groups in total. The van der Waals surface area contributed by atoms with E-state index in [0.717, 1.165) is 53.7 Å². The highest BCUT2D eigenvalue weighted by atomic mass is 32.2. The molecule has 1 fully saturated rings. The molecule has 9 heteroatoms. The summed E-state index contributed by atoms with van der Waals surface area (Å²) in [7, 11) is -3.48. The maximum absolute atomic E-state index is 13.4. The van der Waals surface area contributed by atoms with Crippen molar-refractivity contribution in [2.75, 3.05) is 5.75 Å². The van der Waals surface area contributed by atoms with E-state index in [-0.39, 0.29) is 11.2 Å². The Hall–Kier alpha value is -3.04. The van der Waals surface area contributed by atoms with Gasteiger partial charge in [-0.05, 0) is 73.8 Å². The highest BCUT2D eigenvalue weighted by Gasteiger charge is 2.39. The van der Waals surface area contributed by atoms with Crippen molar-refractivity contribution < 1.29 is 13.2 Å². The maximum atomic E-state index is 13.4. The predicted octanol–water partition coefficient (Wildman–Crippen LogP) is 5.48. The molecule has 7 nitrogen and oxygen atoms in total. The summed E-state index contributed by atoms with van der Waals surface area (Å²) in [5.74, 6) is 1.44. The fourth-order valence-corrected chi connectivity index (χ4v) is 7.22. The van der Waals surface area contributed by atoms with Crippen molar-refractivity contribution in [2.45, 2.75) is 50.5 Å². The first-order valence-electron chi connectivity index (χ1n) is 11.8. The monoisotopic (exact) mass is 508 g/mol. The van der Waals surface area contributed by atoms with Crippen molar-refractivity contribution in [1.82, 2.24) is 20.2 Å². The summed E-state index contributed by atoms with van der Waals surface area (Å²) in [5, 5.41) is 8.00. The molecule has 0 bridgehead atoms. The minimum Gasteiger partial charge on any atom is -0.489 e. The van der Waals surface area contributed by atoms with Crippen molar-refractivity contribution in [3.63, 3.8) is 0 Å². The average molecular weight is 509 g/mol.